The summed E-state index contributed by atoms with van der Waals surface area (Å²) in [5, 5.41) is 13.1. The van der Waals surface area contributed by atoms with Crippen LogP contribution in [-0.4, -0.2) is 17.8 Å². The molecule has 0 aliphatic rings. The summed E-state index contributed by atoms with van der Waals surface area (Å²) < 4.78 is 0. The lowest BCUT2D eigenvalue weighted by Gasteiger charge is -2.30. The lowest BCUT2D eigenvalue weighted by atomic mass is 9.87. The molecule has 22 heavy (non-hydrogen) atoms. The Morgan fingerprint density at radius 1 is 1.00 bits per heavy atom. The number of hydrogen-bond acceptors (Lipinski definition) is 3. The maximum Gasteiger partial charge on any atom is 0.0589 e. The number of benzene rings is 2. The number of aliphatic hydroxyl groups is 1. The van der Waals surface area contributed by atoms with Gasteiger partial charge >= 0.3 is 0 Å². The first kappa shape index (κ1) is 17.1. The molecular weight excluding hydrogens is 290 g/mol. The van der Waals surface area contributed by atoms with Crippen molar-refractivity contribution in [2.24, 2.45) is 5.41 Å². The molecule has 2 nitrogen and oxygen atoms in total. The molecule has 0 radical (unpaired) electrons. The second-order valence-corrected chi connectivity index (χ2v) is 7.62. The summed E-state index contributed by atoms with van der Waals surface area (Å²) in [6.45, 7) is 7.35. The third kappa shape index (κ3) is 4.87. The van der Waals surface area contributed by atoms with Gasteiger partial charge in [0.05, 0.1) is 6.61 Å². The summed E-state index contributed by atoms with van der Waals surface area (Å²) in [6.07, 6.45) is 0. The van der Waals surface area contributed by atoms with Crippen LogP contribution in [-0.2, 0) is 6.54 Å². The van der Waals surface area contributed by atoms with E-state index in [1.54, 1.807) is 11.8 Å². The maximum atomic E-state index is 9.58. The summed E-state index contributed by atoms with van der Waals surface area (Å²) in [5.41, 5.74) is 1.30. The summed E-state index contributed by atoms with van der Waals surface area (Å²) >= 11 is 1.78. The van der Waals surface area contributed by atoms with Gasteiger partial charge in [0, 0.05) is 22.4 Å². The Morgan fingerprint density at radius 3 is 2.27 bits per heavy atom. The van der Waals surface area contributed by atoms with Gasteiger partial charge < -0.3 is 10.4 Å². The molecule has 0 heterocycles. The van der Waals surface area contributed by atoms with Gasteiger partial charge in [-0.15, -0.1) is 0 Å². The maximum absolute atomic E-state index is 9.58. The van der Waals surface area contributed by atoms with E-state index in [9.17, 15) is 5.11 Å². The van der Waals surface area contributed by atoms with E-state index in [1.165, 1.54) is 15.4 Å². The molecule has 3 heteroatoms. The summed E-state index contributed by atoms with van der Waals surface area (Å²) in [6, 6.07) is 18.9. The predicted octanol–water partition coefficient (Wildman–Crippen LogP) is 4.33. The van der Waals surface area contributed by atoms with Gasteiger partial charge in [-0.05, 0) is 29.2 Å². The van der Waals surface area contributed by atoms with E-state index < -0.39 is 0 Å². The van der Waals surface area contributed by atoms with Crippen molar-refractivity contribution in [2.75, 3.05) is 6.61 Å². The van der Waals surface area contributed by atoms with Gasteiger partial charge in [0.2, 0.25) is 0 Å². The molecule has 0 aliphatic carbocycles. The normalized spacial score (nSPS) is 13.1. The standard InChI is InChI=1S/C19H25NOS/c1-19(2,3)18(14-21)20-13-15-9-7-8-12-17(15)22-16-10-5-4-6-11-16/h4-12,18,20-21H,13-14H2,1-3H3/t18-/m1/s1. The van der Waals surface area contributed by atoms with Crippen LogP contribution in [0.5, 0.6) is 0 Å². The molecule has 118 valence electrons. The molecular formula is C19H25NOS. The average Bonchev–Trinajstić information content (AvgIpc) is 2.49. The van der Waals surface area contributed by atoms with E-state index in [2.05, 4.69) is 74.6 Å². The van der Waals surface area contributed by atoms with Crippen LogP contribution in [0.15, 0.2) is 64.4 Å². The van der Waals surface area contributed by atoms with Crippen LogP contribution in [0.2, 0.25) is 0 Å². The molecule has 1 atom stereocenters. The highest BCUT2D eigenvalue weighted by Gasteiger charge is 2.23. The Labute approximate surface area is 138 Å². The molecule has 0 amide bonds. The van der Waals surface area contributed by atoms with Gasteiger partial charge in [0.1, 0.15) is 0 Å². The molecule has 0 unspecified atom stereocenters. The Hall–Kier alpha value is -1.29. The lowest BCUT2D eigenvalue weighted by Crippen LogP contribution is -2.42. The smallest absolute Gasteiger partial charge is 0.0589 e. The van der Waals surface area contributed by atoms with E-state index in [-0.39, 0.29) is 18.1 Å². The third-order valence-electron chi connectivity index (χ3n) is 3.71. The van der Waals surface area contributed by atoms with Crippen LogP contribution in [0.1, 0.15) is 26.3 Å². The minimum absolute atomic E-state index is 0.0380. The topological polar surface area (TPSA) is 32.3 Å². The van der Waals surface area contributed by atoms with Gasteiger partial charge in [-0.25, -0.2) is 0 Å². The number of hydrogen-bond donors (Lipinski definition) is 2. The highest BCUT2D eigenvalue weighted by Crippen LogP contribution is 2.30. The quantitative estimate of drug-likeness (QED) is 0.832. The zero-order valence-electron chi connectivity index (χ0n) is 13.5. The monoisotopic (exact) mass is 315 g/mol. The van der Waals surface area contributed by atoms with Gasteiger partial charge in [-0.2, -0.15) is 0 Å². The van der Waals surface area contributed by atoms with Crippen molar-refractivity contribution in [3.05, 3.63) is 60.2 Å². The van der Waals surface area contributed by atoms with Crippen LogP contribution in [0.25, 0.3) is 0 Å². The van der Waals surface area contributed by atoms with Crippen LogP contribution in [0, 0.1) is 5.41 Å². The second-order valence-electron chi connectivity index (χ2n) is 6.50. The lowest BCUT2D eigenvalue weighted by molar-refractivity contribution is 0.158. The molecule has 0 aliphatic heterocycles. The zero-order chi connectivity index (χ0) is 16.0. The molecule has 0 spiro atoms. The van der Waals surface area contributed by atoms with Gasteiger partial charge in [-0.3, -0.25) is 0 Å². The van der Waals surface area contributed by atoms with Crippen molar-refractivity contribution >= 4 is 11.8 Å². The predicted molar refractivity (Wildman–Crippen MR) is 94.2 cm³/mol. The molecule has 0 bridgehead atoms. The fourth-order valence-corrected chi connectivity index (χ4v) is 3.21. The first-order valence-electron chi connectivity index (χ1n) is 7.66. The van der Waals surface area contributed by atoms with E-state index >= 15 is 0 Å². The van der Waals surface area contributed by atoms with E-state index in [1.807, 2.05) is 6.07 Å². The summed E-state index contributed by atoms with van der Waals surface area (Å²) in [4.78, 5) is 2.50. The molecule has 0 saturated carbocycles. The fourth-order valence-electron chi connectivity index (χ4n) is 2.24. The largest absolute Gasteiger partial charge is 0.395 e. The number of rotatable bonds is 6. The first-order chi connectivity index (χ1) is 10.5. The molecule has 2 aromatic rings. The Kier molecular flexibility index (Phi) is 6.07. The first-order valence-corrected chi connectivity index (χ1v) is 8.47. The van der Waals surface area contributed by atoms with Crippen LogP contribution in [0.4, 0.5) is 0 Å². The highest BCUT2D eigenvalue weighted by molar-refractivity contribution is 7.99. The van der Waals surface area contributed by atoms with E-state index in [0.29, 0.717) is 0 Å². The number of nitrogens with one attached hydrogen (secondary N) is 1. The average molecular weight is 315 g/mol. The highest BCUT2D eigenvalue weighted by atomic mass is 32.2. The second kappa shape index (κ2) is 7.82. The minimum Gasteiger partial charge on any atom is -0.395 e. The van der Waals surface area contributed by atoms with Crippen molar-refractivity contribution in [3.8, 4) is 0 Å². The van der Waals surface area contributed by atoms with Gasteiger partial charge in [-0.1, -0.05) is 68.9 Å². The summed E-state index contributed by atoms with van der Waals surface area (Å²) in [5.74, 6) is 0. The van der Waals surface area contributed by atoms with Crippen LogP contribution in [0.3, 0.4) is 0 Å². The molecule has 0 saturated heterocycles. The molecule has 0 fully saturated rings. The molecule has 0 aromatic heterocycles. The molecule has 2 aromatic carbocycles. The van der Waals surface area contributed by atoms with E-state index in [0.717, 1.165) is 6.54 Å². The van der Waals surface area contributed by atoms with Gasteiger partial charge in [0.15, 0.2) is 0 Å². The molecule has 2 rings (SSSR count). The zero-order valence-corrected chi connectivity index (χ0v) is 14.4. The van der Waals surface area contributed by atoms with E-state index in [4.69, 9.17) is 0 Å². The van der Waals surface area contributed by atoms with Crippen LogP contribution < -0.4 is 5.32 Å². The molecule has 2 N–H and O–H groups in total. The van der Waals surface area contributed by atoms with Crippen molar-refractivity contribution in [1.82, 2.24) is 5.32 Å². The fraction of sp³-hybridized carbons (Fsp3) is 0.368. The Morgan fingerprint density at radius 2 is 1.64 bits per heavy atom. The van der Waals surface area contributed by atoms with Crippen molar-refractivity contribution < 1.29 is 5.11 Å². The van der Waals surface area contributed by atoms with Gasteiger partial charge in [0.25, 0.3) is 0 Å². The van der Waals surface area contributed by atoms with Crippen molar-refractivity contribution in [3.63, 3.8) is 0 Å². The third-order valence-corrected chi connectivity index (χ3v) is 4.84. The Bertz CT molecular complexity index is 577. The minimum atomic E-state index is 0.0380. The summed E-state index contributed by atoms with van der Waals surface area (Å²) in [7, 11) is 0. The van der Waals surface area contributed by atoms with Crippen molar-refractivity contribution in [1.29, 1.82) is 0 Å². The number of aliphatic hydroxyl groups excluding tert-OH is 1. The Balaban J connectivity index is 2.08. The van der Waals surface area contributed by atoms with Crippen LogP contribution >= 0.6 is 11.8 Å². The SMILES string of the molecule is CC(C)(C)[C@@H](CO)NCc1ccccc1Sc1ccccc1. The van der Waals surface area contributed by atoms with Crippen molar-refractivity contribution in [2.45, 2.75) is 43.1 Å².